The standard InChI is InChI=1S/C21H22N2O4/c24-20-18-8-4-5-9-19(18)27-23(20)14-16-10-12-22(13-11-16)21(25)26-15-17-6-2-1-3-7-17/h1-9,16H,10-15H2. The zero-order chi connectivity index (χ0) is 18.6. The first-order valence-corrected chi connectivity index (χ1v) is 9.25. The van der Waals surface area contributed by atoms with Crippen LogP contribution in [0, 0.1) is 5.92 Å². The number of amides is 1. The van der Waals surface area contributed by atoms with Gasteiger partial charge in [0.15, 0.2) is 5.58 Å². The highest BCUT2D eigenvalue weighted by atomic mass is 16.6. The summed E-state index contributed by atoms with van der Waals surface area (Å²) in [5.41, 5.74) is 1.50. The molecule has 0 spiro atoms. The van der Waals surface area contributed by atoms with E-state index in [2.05, 4.69) is 0 Å². The van der Waals surface area contributed by atoms with Gasteiger partial charge in [-0.1, -0.05) is 42.5 Å². The van der Waals surface area contributed by atoms with Crippen molar-refractivity contribution in [3.05, 3.63) is 70.5 Å². The van der Waals surface area contributed by atoms with Gasteiger partial charge in [0.25, 0.3) is 5.56 Å². The van der Waals surface area contributed by atoms with Crippen molar-refractivity contribution < 1.29 is 14.1 Å². The average molecular weight is 366 g/mol. The van der Waals surface area contributed by atoms with Gasteiger partial charge in [-0.05, 0) is 36.5 Å². The van der Waals surface area contributed by atoms with Crippen LogP contribution in [0.1, 0.15) is 18.4 Å². The summed E-state index contributed by atoms with van der Waals surface area (Å²) in [6.45, 7) is 2.09. The van der Waals surface area contributed by atoms with Crippen molar-refractivity contribution >= 4 is 17.1 Å². The van der Waals surface area contributed by atoms with Crippen LogP contribution in [-0.4, -0.2) is 28.8 Å². The second-order valence-electron chi connectivity index (χ2n) is 6.92. The van der Waals surface area contributed by atoms with E-state index < -0.39 is 0 Å². The van der Waals surface area contributed by atoms with Gasteiger partial charge in [-0.25, -0.2) is 4.79 Å². The van der Waals surface area contributed by atoms with Crippen LogP contribution in [0.3, 0.4) is 0 Å². The SMILES string of the molecule is O=C(OCc1ccccc1)N1CCC(Cn2oc3ccccc3c2=O)CC1. The first kappa shape index (κ1) is 17.4. The molecule has 1 aromatic heterocycles. The molecule has 6 nitrogen and oxygen atoms in total. The molecule has 0 aliphatic carbocycles. The largest absolute Gasteiger partial charge is 0.445 e. The zero-order valence-corrected chi connectivity index (χ0v) is 15.0. The molecule has 0 N–H and O–H groups in total. The number of hydrogen-bond donors (Lipinski definition) is 0. The van der Waals surface area contributed by atoms with E-state index in [0.717, 1.165) is 18.4 Å². The van der Waals surface area contributed by atoms with Crippen molar-refractivity contribution in [1.82, 2.24) is 9.64 Å². The minimum atomic E-state index is -0.279. The molecule has 1 aliphatic heterocycles. The molecule has 6 heteroatoms. The molecule has 0 radical (unpaired) electrons. The Morgan fingerprint density at radius 1 is 1.04 bits per heavy atom. The van der Waals surface area contributed by atoms with Crippen LogP contribution in [0.25, 0.3) is 11.0 Å². The molecule has 27 heavy (non-hydrogen) atoms. The lowest BCUT2D eigenvalue weighted by Crippen LogP contribution is -2.40. The fraction of sp³-hybridized carbons (Fsp3) is 0.333. The van der Waals surface area contributed by atoms with Crippen molar-refractivity contribution in [2.45, 2.75) is 26.0 Å². The smallest absolute Gasteiger partial charge is 0.410 e. The molecule has 0 bridgehead atoms. The molecular formula is C21H22N2O4. The number of aromatic nitrogens is 1. The number of carbonyl (C=O) groups is 1. The molecule has 1 fully saturated rings. The van der Waals surface area contributed by atoms with E-state index in [-0.39, 0.29) is 18.3 Å². The number of hydrogen-bond acceptors (Lipinski definition) is 4. The third-order valence-corrected chi connectivity index (χ3v) is 5.05. The predicted molar refractivity (Wildman–Crippen MR) is 101 cm³/mol. The maximum Gasteiger partial charge on any atom is 0.410 e. The van der Waals surface area contributed by atoms with Crippen LogP contribution in [0.5, 0.6) is 0 Å². The van der Waals surface area contributed by atoms with Crippen LogP contribution in [0.2, 0.25) is 0 Å². The van der Waals surface area contributed by atoms with Crippen LogP contribution in [0.15, 0.2) is 63.9 Å². The van der Waals surface area contributed by atoms with E-state index in [0.29, 0.717) is 36.5 Å². The van der Waals surface area contributed by atoms with Crippen LogP contribution >= 0.6 is 0 Å². The lowest BCUT2D eigenvalue weighted by molar-refractivity contribution is 0.0774. The minimum absolute atomic E-state index is 0.0877. The number of piperidine rings is 1. The average Bonchev–Trinajstić information content (AvgIpc) is 3.03. The Kier molecular flexibility index (Phi) is 4.96. The second-order valence-corrected chi connectivity index (χ2v) is 6.92. The third kappa shape index (κ3) is 3.89. The van der Waals surface area contributed by atoms with E-state index in [4.69, 9.17) is 9.26 Å². The van der Waals surface area contributed by atoms with E-state index in [1.54, 1.807) is 17.0 Å². The number of likely N-dealkylation sites (tertiary alicyclic amines) is 1. The van der Waals surface area contributed by atoms with Gasteiger partial charge in [0.1, 0.15) is 6.61 Å². The van der Waals surface area contributed by atoms with Gasteiger partial charge in [-0.2, -0.15) is 4.74 Å². The molecule has 1 amide bonds. The summed E-state index contributed by atoms with van der Waals surface area (Å²) < 4.78 is 12.5. The highest BCUT2D eigenvalue weighted by Gasteiger charge is 2.25. The van der Waals surface area contributed by atoms with Gasteiger partial charge in [0.05, 0.1) is 11.9 Å². The van der Waals surface area contributed by atoms with Gasteiger partial charge in [-0.15, -0.1) is 0 Å². The number of nitrogens with zero attached hydrogens (tertiary/aromatic N) is 2. The summed E-state index contributed by atoms with van der Waals surface area (Å²) in [5.74, 6) is 0.307. The fourth-order valence-electron chi connectivity index (χ4n) is 3.48. The van der Waals surface area contributed by atoms with Crippen molar-refractivity contribution in [1.29, 1.82) is 0 Å². The number of benzene rings is 2. The Bertz CT molecular complexity index is 969. The highest BCUT2D eigenvalue weighted by Crippen LogP contribution is 2.21. The van der Waals surface area contributed by atoms with E-state index >= 15 is 0 Å². The first-order chi connectivity index (χ1) is 13.2. The first-order valence-electron chi connectivity index (χ1n) is 9.25. The Hall–Kier alpha value is -3.02. The summed E-state index contributed by atoms with van der Waals surface area (Å²) in [7, 11) is 0. The zero-order valence-electron chi connectivity index (χ0n) is 15.0. The minimum Gasteiger partial charge on any atom is -0.445 e. The summed E-state index contributed by atoms with van der Waals surface area (Å²) in [4.78, 5) is 26.4. The number of carbonyl (C=O) groups excluding carboxylic acids is 1. The van der Waals surface area contributed by atoms with Crippen molar-refractivity contribution in [2.24, 2.45) is 5.92 Å². The summed E-state index contributed by atoms with van der Waals surface area (Å²) >= 11 is 0. The molecule has 0 atom stereocenters. The highest BCUT2D eigenvalue weighted by molar-refractivity contribution is 5.75. The van der Waals surface area contributed by atoms with E-state index in [1.807, 2.05) is 42.5 Å². The maximum absolute atomic E-state index is 12.4. The molecular weight excluding hydrogens is 344 g/mol. The molecule has 2 aromatic carbocycles. The summed E-state index contributed by atoms with van der Waals surface area (Å²) in [6, 6.07) is 16.9. The topological polar surface area (TPSA) is 64.7 Å². The molecule has 2 heterocycles. The fourth-order valence-corrected chi connectivity index (χ4v) is 3.48. The number of para-hydroxylation sites is 1. The monoisotopic (exact) mass is 366 g/mol. The Morgan fingerprint density at radius 2 is 1.74 bits per heavy atom. The van der Waals surface area contributed by atoms with Gasteiger partial charge in [0, 0.05) is 13.1 Å². The van der Waals surface area contributed by atoms with Crippen LogP contribution in [-0.2, 0) is 17.9 Å². The number of rotatable bonds is 4. The lowest BCUT2D eigenvalue weighted by Gasteiger charge is -2.31. The number of fused-ring (bicyclic) bond motifs is 1. The Morgan fingerprint density at radius 3 is 2.48 bits per heavy atom. The van der Waals surface area contributed by atoms with Crippen molar-refractivity contribution in [3.63, 3.8) is 0 Å². The van der Waals surface area contributed by atoms with Crippen LogP contribution < -0.4 is 5.56 Å². The summed E-state index contributed by atoms with van der Waals surface area (Å²) in [6.07, 6.45) is 1.37. The second kappa shape index (κ2) is 7.70. The van der Waals surface area contributed by atoms with Gasteiger partial charge in [0.2, 0.25) is 0 Å². The van der Waals surface area contributed by atoms with Gasteiger partial charge >= 0.3 is 6.09 Å². The molecule has 0 saturated carbocycles. The summed E-state index contributed by atoms with van der Waals surface area (Å²) in [5, 5.41) is 0.611. The van der Waals surface area contributed by atoms with E-state index in [9.17, 15) is 9.59 Å². The Labute approximate surface area is 156 Å². The molecule has 140 valence electrons. The molecule has 1 aliphatic rings. The molecule has 0 unspecified atom stereocenters. The van der Waals surface area contributed by atoms with Crippen molar-refractivity contribution in [3.8, 4) is 0 Å². The molecule has 4 rings (SSSR count). The quantitative estimate of drug-likeness (QED) is 0.707. The van der Waals surface area contributed by atoms with E-state index in [1.165, 1.54) is 4.74 Å². The normalized spacial score (nSPS) is 15.2. The molecule has 1 saturated heterocycles. The number of ether oxygens (including phenoxy) is 1. The maximum atomic E-state index is 12.4. The molecule has 3 aromatic rings. The van der Waals surface area contributed by atoms with Gasteiger partial charge < -0.3 is 14.2 Å². The predicted octanol–water partition coefficient (Wildman–Crippen LogP) is 3.64. The third-order valence-electron chi connectivity index (χ3n) is 5.05. The Balaban J connectivity index is 1.30. The van der Waals surface area contributed by atoms with Crippen LogP contribution in [0.4, 0.5) is 4.79 Å². The lowest BCUT2D eigenvalue weighted by atomic mass is 9.97. The van der Waals surface area contributed by atoms with Crippen molar-refractivity contribution in [2.75, 3.05) is 13.1 Å². The van der Waals surface area contributed by atoms with Gasteiger partial charge in [-0.3, -0.25) is 4.79 Å².